The molecule has 4 heteroatoms. The third-order valence-corrected chi connectivity index (χ3v) is 3.04. The fourth-order valence-corrected chi connectivity index (χ4v) is 1.95. The van der Waals surface area contributed by atoms with E-state index < -0.39 is 0 Å². The van der Waals surface area contributed by atoms with Crippen LogP contribution in [0.4, 0.5) is 0 Å². The minimum atomic E-state index is 0.194. The van der Waals surface area contributed by atoms with Gasteiger partial charge in [-0.25, -0.2) is 0 Å². The molecule has 0 aliphatic carbocycles. The van der Waals surface area contributed by atoms with E-state index in [2.05, 4.69) is 12.2 Å². The van der Waals surface area contributed by atoms with Crippen molar-refractivity contribution in [1.29, 1.82) is 0 Å². The average molecular weight is 199 g/mol. The summed E-state index contributed by atoms with van der Waals surface area (Å²) in [5.74, 6) is 0.849. The smallest absolute Gasteiger partial charge is 0.223 e. The van der Waals surface area contributed by atoms with E-state index >= 15 is 0 Å². The van der Waals surface area contributed by atoms with Crippen molar-refractivity contribution in [2.24, 2.45) is 11.7 Å². The highest BCUT2D eigenvalue weighted by Crippen LogP contribution is 2.17. The van der Waals surface area contributed by atoms with Crippen LogP contribution in [-0.4, -0.2) is 43.5 Å². The van der Waals surface area contributed by atoms with Crippen LogP contribution in [0.2, 0.25) is 0 Å². The van der Waals surface area contributed by atoms with E-state index in [0.717, 1.165) is 19.5 Å². The molecule has 2 unspecified atom stereocenters. The summed E-state index contributed by atoms with van der Waals surface area (Å²) < 4.78 is 0. The van der Waals surface area contributed by atoms with Crippen LogP contribution in [0.15, 0.2) is 0 Å². The summed E-state index contributed by atoms with van der Waals surface area (Å²) in [5, 5.41) is 3.26. The zero-order chi connectivity index (χ0) is 10.6. The van der Waals surface area contributed by atoms with Gasteiger partial charge >= 0.3 is 0 Å². The number of amides is 1. The number of likely N-dealkylation sites (N-methyl/N-ethyl adjacent to an activating group) is 1. The van der Waals surface area contributed by atoms with Crippen molar-refractivity contribution >= 4 is 5.91 Å². The molecule has 2 atom stereocenters. The molecule has 0 aromatic rings. The summed E-state index contributed by atoms with van der Waals surface area (Å²) in [6.45, 7) is 4.40. The molecule has 0 saturated carbocycles. The minimum Gasteiger partial charge on any atom is -0.341 e. The van der Waals surface area contributed by atoms with Crippen molar-refractivity contribution in [3.05, 3.63) is 0 Å². The van der Waals surface area contributed by atoms with Gasteiger partial charge in [-0.2, -0.15) is 0 Å². The molecule has 1 saturated heterocycles. The first kappa shape index (κ1) is 11.5. The van der Waals surface area contributed by atoms with E-state index in [4.69, 9.17) is 5.73 Å². The number of likely N-dealkylation sites (tertiary alicyclic amines) is 1. The fraction of sp³-hybridized carbons (Fsp3) is 0.900. The van der Waals surface area contributed by atoms with Gasteiger partial charge in [0.25, 0.3) is 0 Å². The highest BCUT2D eigenvalue weighted by molar-refractivity contribution is 5.76. The number of hydrogen-bond acceptors (Lipinski definition) is 3. The van der Waals surface area contributed by atoms with Gasteiger partial charge in [-0.1, -0.05) is 6.92 Å². The lowest BCUT2D eigenvalue weighted by Gasteiger charge is -2.37. The molecule has 3 N–H and O–H groups in total. The number of rotatable bonds is 3. The average Bonchev–Trinajstić information content (AvgIpc) is 2.19. The second-order valence-electron chi connectivity index (χ2n) is 4.04. The van der Waals surface area contributed by atoms with Crippen LogP contribution in [-0.2, 0) is 4.79 Å². The Hall–Kier alpha value is -0.610. The lowest BCUT2D eigenvalue weighted by Crippen LogP contribution is -2.51. The van der Waals surface area contributed by atoms with Gasteiger partial charge in [-0.15, -0.1) is 0 Å². The second kappa shape index (κ2) is 5.32. The maximum atomic E-state index is 11.6. The third-order valence-electron chi connectivity index (χ3n) is 3.04. The molecular formula is C10H21N3O. The van der Waals surface area contributed by atoms with E-state index in [1.54, 1.807) is 0 Å². The van der Waals surface area contributed by atoms with Gasteiger partial charge in [0.05, 0.1) is 0 Å². The Morgan fingerprint density at radius 1 is 1.64 bits per heavy atom. The quantitative estimate of drug-likeness (QED) is 0.661. The molecule has 82 valence electrons. The Morgan fingerprint density at radius 3 is 2.93 bits per heavy atom. The topological polar surface area (TPSA) is 58.4 Å². The van der Waals surface area contributed by atoms with E-state index in [1.807, 2.05) is 11.9 Å². The Morgan fingerprint density at radius 2 is 2.36 bits per heavy atom. The number of nitrogens with two attached hydrogens (primary N) is 1. The number of nitrogens with zero attached hydrogens (tertiary/aromatic N) is 1. The van der Waals surface area contributed by atoms with Gasteiger partial charge in [0.1, 0.15) is 0 Å². The van der Waals surface area contributed by atoms with Gasteiger partial charge in [-0.3, -0.25) is 4.79 Å². The normalized spacial score (nSPS) is 27.8. The predicted molar refractivity (Wildman–Crippen MR) is 56.9 cm³/mol. The van der Waals surface area contributed by atoms with E-state index in [1.165, 1.54) is 0 Å². The number of carbonyl (C=O) groups is 1. The molecule has 1 aliphatic heterocycles. The monoisotopic (exact) mass is 199 g/mol. The molecule has 14 heavy (non-hydrogen) atoms. The van der Waals surface area contributed by atoms with E-state index in [9.17, 15) is 4.79 Å². The first-order valence-corrected chi connectivity index (χ1v) is 5.34. The highest BCUT2D eigenvalue weighted by Gasteiger charge is 2.26. The second-order valence-corrected chi connectivity index (χ2v) is 4.04. The molecule has 0 spiro atoms. The maximum Gasteiger partial charge on any atom is 0.223 e. The number of piperidine rings is 1. The maximum absolute atomic E-state index is 11.6. The van der Waals surface area contributed by atoms with Gasteiger partial charge in [0.15, 0.2) is 0 Å². The van der Waals surface area contributed by atoms with Crippen LogP contribution in [0.5, 0.6) is 0 Å². The Labute approximate surface area is 85.8 Å². The SMILES string of the molecule is CNC1CN(C(=O)CCN)CCC1C. The molecule has 0 aromatic carbocycles. The van der Waals surface area contributed by atoms with Crippen LogP contribution >= 0.6 is 0 Å². The third kappa shape index (κ3) is 2.69. The molecule has 1 amide bonds. The molecule has 1 heterocycles. The molecule has 0 bridgehead atoms. The lowest BCUT2D eigenvalue weighted by molar-refractivity contribution is -0.132. The molecule has 1 aliphatic rings. The Bertz CT molecular complexity index is 196. The molecule has 0 radical (unpaired) electrons. The summed E-state index contributed by atoms with van der Waals surface area (Å²) >= 11 is 0. The predicted octanol–water partition coefficient (Wildman–Crippen LogP) is -0.208. The number of nitrogens with one attached hydrogen (secondary N) is 1. The van der Waals surface area contributed by atoms with Crippen molar-refractivity contribution in [3.63, 3.8) is 0 Å². The highest BCUT2D eigenvalue weighted by atomic mass is 16.2. The van der Waals surface area contributed by atoms with Crippen molar-refractivity contribution in [2.45, 2.75) is 25.8 Å². The first-order chi connectivity index (χ1) is 6.69. The molecule has 1 fully saturated rings. The zero-order valence-electron chi connectivity index (χ0n) is 9.12. The van der Waals surface area contributed by atoms with Gasteiger partial charge < -0.3 is 16.0 Å². The Kier molecular flexibility index (Phi) is 4.35. The van der Waals surface area contributed by atoms with Crippen molar-refractivity contribution in [3.8, 4) is 0 Å². The number of carbonyl (C=O) groups excluding carboxylic acids is 1. The van der Waals surface area contributed by atoms with Crippen molar-refractivity contribution in [1.82, 2.24) is 10.2 Å². The van der Waals surface area contributed by atoms with Crippen LogP contribution < -0.4 is 11.1 Å². The van der Waals surface area contributed by atoms with Crippen LogP contribution in [0.3, 0.4) is 0 Å². The summed E-state index contributed by atoms with van der Waals surface area (Å²) in [6, 6.07) is 0.436. The summed E-state index contributed by atoms with van der Waals surface area (Å²) in [7, 11) is 1.96. The summed E-state index contributed by atoms with van der Waals surface area (Å²) in [5.41, 5.74) is 5.37. The van der Waals surface area contributed by atoms with E-state index in [0.29, 0.717) is 24.9 Å². The lowest BCUT2D eigenvalue weighted by atomic mass is 9.93. The molecular weight excluding hydrogens is 178 g/mol. The molecule has 4 nitrogen and oxygen atoms in total. The standard InChI is InChI=1S/C10H21N3O/c1-8-4-6-13(7-9(8)12-2)10(14)3-5-11/h8-9,12H,3-7,11H2,1-2H3. The first-order valence-electron chi connectivity index (χ1n) is 5.34. The van der Waals surface area contributed by atoms with E-state index in [-0.39, 0.29) is 5.91 Å². The van der Waals surface area contributed by atoms with Gasteiger partial charge in [0.2, 0.25) is 5.91 Å². The fourth-order valence-electron chi connectivity index (χ4n) is 1.95. The van der Waals surface area contributed by atoms with Crippen LogP contribution in [0.25, 0.3) is 0 Å². The number of hydrogen-bond donors (Lipinski definition) is 2. The van der Waals surface area contributed by atoms with Gasteiger partial charge in [0, 0.05) is 32.1 Å². The van der Waals surface area contributed by atoms with Crippen LogP contribution in [0, 0.1) is 5.92 Å². The van der Waals surface area contributed by atoms with Crippen molar-refractivity contribution in [2.75, 3.05) is 26.7 Å². The van der Waals surface area contributed by atoms with Crippen molar-refractivity contribution < 1.29 is 4.79 Å². The zero-order valence-corrected chi connectivity index (χ0v) is 9.12. The summed E-state index contributed by atoms with van der Waals surface area (Å²) in [6.07, 6.45) is 1.56. The molecule has 0 aromatic heterocycles. The van der Waals surface area contributed by atoms with Gasteiger partial charge in [-0.05, 0) is 19.4 Å². The largest absolute Gasteiger partial charge is 0.341 e. The van der Waals surface area contributed by atoms with Crippen LogP contribution in [0.1, 0.15) is 19.8 Å². The minimum absolute atomic E-state index is 0.194. The Balaban J connectivity index is 2.45. The summed E-state index contributed by atoms with van der Waals surface area (Å²) in [4.78, 5) is 13.5. The molecule has 1 rings (SSSR count).